The summed E-state index contributed by atoms with van der Waals surface area (Å²) in [6.07, 6.45) is 15.5. The molecule has 330 valence electrons. The number of nitrogens with zero attached hydrogens (tertiary/aromatic N) is 2. The van der Waals surface area contributed by atoms with Crippen LogP contribution < -0.4 is 0 Å². The van der Waals surface area contributed by atoms with Gasteiger partial charge in [0.25, 0.3) is 0 Å². The van der Waals surface area contributed by atoms with Crippen LogP contribution in [0.2, 0.25) is 0 Å². The molecule has 0 radical (unpaired) electrons. The van der Waals surface area contributed by atoms with Gasteiger partial charge in [-0.2, -0.15) is 0 Å². The van der Waals surface area contributed by atoms with Crippen LogP contribution in [0.15, 0.2) is 29.8 Å². The quantitative estimate of drug-likeness (QED) is 0.0706. The molecule has 0 amide bonds. The molecule has 4 unspecified atom stereocenters. The number of carbonyl (C=O) groups excluding carboxylic acids is 3. The van der Waals surface area contributed by atoms with Gasteiger partial charge in [0.2, 0.25) is 0 Å². The monoisotopic (exact) mass is 831 g/mol. The molecule has 6 atom stereocenters. The molecule has 3 aliphatic rings. The zero-order chi connectivity index (χ0) is 44.1. The smallest absolute Gasteiger partial charge is 0.306 e. The zero-order valence-electron chi connectivity index (χ0n) is 39.3. The Morgan fingerprint density at radius 3 is 2.07 bits per heavy atom. The molecular formula is C53H74N4O4. The number of nitrogens with one attached hydrogen (secondary N) is 2. The molecule has 3 aromatic heterocycles. The van der Waals surface area contributed by atoms with Crippen molar-refractivity contribution in [2.75, 3.05) is 6.61 Å². The van der Waals surface area contributed by atoms with Crippen LogP contribution in [0.25, 0.3) is 22.1 Å². The van der Waals surface area contributed by atoms with Gasteiger partial charge in [0.05, 0.1) is 16.7 Å². The third-order valence-corrected chi connectivity index (χ3v) is 14.4. The minimum Gasteiger partial charge on any atom is -0.461 e. The summed E-state index contributed by atoms with van der Waals surface area (Å²) in [5.74, 6) is 2.47. The Morgan fingerprint density at radius 2 is 1.39 bits per heavy atom. The maximum absolute atomic E-state index is 13.8. The van der Waals surface area contributed by atoms with Crippen LogP contribution in [0, 0.1) is 31.6 Å². The molecule has 8 heteroatoms. The number of carbonyl (C=O) groups is 3. The molecule has 2 aliphatic heterocycles. The van der Waals surface area contributed by atoms with E-state index in [4.69, 9.17) is 14.7 Å². The van der Waals surface area contributed by atoms with Crippen molar-refractivity contribution < 1.29 is 19.1 Å². The molecule has 8 bridgehead atoms. The lowest BCUT2D eigenvalue weighted by atomic mass is 9.85. The summed E-state index contributed by atoms with van der Waals surface area (Å²) in [6, 6.07) is 6.21. The molecule has 2 N–H and O–H groups in total. The van der Waals surface area contributed by atoms with Crippen LogP contribution in [-0.4, -0.2) is 44.1 Å². The lowest BCUT2D eigenvalue weighted by molar-refractivity contribution is -0.142. The molecule has 3 aromatic rings. The number of ether oxygens (including phenoxy) is 1. The Kier molecular flexibility index (Phi) is 15.3. The van der Waals surface area contributed by atoms with Crippen LogP contribution in [0.4, 0.5) is 0 Å². The number of aromatic nitrogens is 4. The first-order valence-electron chi connectivity index (χ1n) is 23.7. The second-order valence-electron chi connectivity index (χ2n) is 19.6. The van der Waals surface area contributed by atoms with Gasteiger partial charge in [-0.3, -0.25) is 24.4 Å². The molecule has 0 fully saturated rings. The van der Waals surface area contributed by atoms with Gasteiger partial charge in [0.1, 0.15) is 6.61 Å². The van der Waals surface area contributed by atoms with E-state index < -0.39 is 0 Å². The molecular weight excluding hydrogens is 757 g/mol. The van der Waals surface area contributed by atoms with E-state index in [2.05, 4.69) is 83.6 Å². The van der Waals surface area contributed by atoms with Gasteiger partial charge in [-0.1, -0.05) is 99.0 Å². The van der Waals surface area contributed by atoms with Gasteiger partial charge < -0.3 is 14.7 Å². The zero-order valence-corrected chi connectivity index (χ0v) is 39.3. The number of Topliss-reactive ketones (excluding diaryl/α,β-unsaturated/α-hetero) is 2. The molecule has 8 nitrogen and oxygen atoms in total. The minimum absolute atomic E-state index is 0.00308. The van der Waals surface area contributed by atoms with E-state index in [1.54, 1.807) is 6.92 Å². The van der Waals surface area contributed by atoms with E-state index in [-0.39, 0.29) is 60.7 Å². The fraction of sp³-hybridized carbons (Fsp3) is 0.604. The number of rotatable bonds is 19. The summed E-state index contributed by atoms with van der Waals surface area (Å²) in [5, 5.41) is 0. The summed E-state index contributed by atoms with van der Waals surface area (Å²) in [5.41, 5.74) is 12.3. The van der Waals surface area contributed by atoms with E-state index >= 15 is 0 Å². The van der Waals surface area contributed by atoms with Crippen molar-refractivity contribution in [3.8, 4) is 0 Å². The van der Waals surface area contributed by atoms with Gasteiger partial charge in [-0.05, 0) is 107 Å². The van der Waals surface area contributed by atoms with Crippen molar-refractivity contribution in [1.82, 2.24) is 19.9 Å². The van der Waals surface area contributed by atoms with Crippen molar-refractivity contribution >= 4 is 39.6 Å². The maximum atomic E-state index is 13.8. The number of aryl methyl sites for hydroxylation is 2. The Hall–Kier alpha value is -4.33. The van der Waals surface area contributed by atoms with Crippen LogP contribution in [0.1, 0.15) is 223 Å². The second kappa shape index (κ2) is 20.2. The normalized spacial score (nSPS) is 19.8. The molecule has 61 heavy (non-hydrogen) atoms. The fourth-order valence-corrected chi connectivity index (χ4v) is 10.4. The van der Waals surface area contributed by atoms with Gasteiger partial charge in [0, 0.05) is 81.3 Å². The summed E-state index contributed by atoms with van der Waals surface area (Å²) in [4.78, 5) is 57.8. The highest BCUT2D eigenvalue weighted by atomic mass is 16.5. The van der Waals surface area contributed by atoms with E-state index in [0.717, 1.165) is 104 Å². The first-order valence-corrected chi connectivity index (χ1v) is 23.7. The number of hydrogen-bond donors (Lipinski definition) is 2. The standard InChI is InChI=1S/C53H74N4O4/c1-12-39-34(7)42-29-47-50(38(11)58)36(9)44(55-47)27-43-35(8)40(52(56-43)41-26-48(59)51-37(10)45(57-53(41)51)28-46(39)54-42)22-23-49(60)61-25-24-33(6)21-15-20-32(5)19-14-18-31(4)17-13-16-30(2)3/h24,27-32,34-35,39-40,55,57H,12-23,25-26H2,1-11H3/b33-24+,42-29?,43-27?,44-27?,45-28?,46-28?,47-29?,52-41?/t31?,32?,34-,35+,39?,40?/m1/s1. The highest BCUT2D eigenvalue weighted by Crippen LogP contribution is 2.45. The largest absolute Gasteiger partial charge is 0.461 e. The highest BCUT2D eigenvalue weighted by molar-refractivity contribution is 6.13. The highest BCUT2D eigenvalue weighted by Gasteiger charge is 2.36. The second-order valence-corrected chi connectivity index (χ2v) is 19.6. The van der Waals surface area contributed by atoms with Crippen LogP contribution >= 0.6 is 0 Å². The lowest BCUT2D eigenvalue weighted by Crippen LogP contribution is -2.10. The number of H-pyrrole nitrogens is 2. The van der Waals surface area contributed by atoms with Gasteiger partial charge in [-0.15, -0.1) is 0 Å². The lowest BCUT2D eigenvalue weighted by Gasteiger charge is -2.17. The van der Waals surface area contributed by atoms with Crippen molar-refractivity contribution in [2.45, 2.75) is 183 Å². The number of hydrogen-bond acceptors (Lipinski definition) is 6. The Labute approximate surface area is 365 Å². The molecule has 6 rings (SSSR count). The third kappa shape index (κ3) is 10.7. The van der Waals surface area contributed by atoms with Gasteiger partial charge >= 0.3 is 5.97 Å². The minimum atomic E-state index is -0.223. The molecule has 0 saturated heterocycles. The number of ketones is 2. The number of fused-ring (bicyclic) bond motifs is 8. The summed E-state index contributed by atoms with van der Waals surface area (Å²) < 4.78 is 5.78. The van der Waals surface area contributed by atoms with Crippen molar-refractivity contribution in [2.24, 2.45) is 17.8 Å². The van der Waals surface area contributed by atoms with Gasteiger partial charge in [-0.25, -0.2) is 0 Å². The summed E-state index contributed by atoms with van der Waals surface area (Å²) >= 11 is 0. The number of allylic oxidation sites excluding steroid dienone is 1. The predicted molar refractivity (Wildman–Crippen MR) is 250 cm³/mol. The summed E-state index contributed by atoms with van der Waals surface area (Å²) in [7, 11) is 0. The first-order chi connectivity index (χ1) is 29.1. The van der Waals surface area contributed by atoms with Crippen molar-refractivity contribution in [3.63, 3.8) is 0 Å². The topological polar surface area (TPSA) is 118 Å². The summed E-state index contributed by atoms with van der Waals surface area (Å²) in [6.45, 7) is 24.0. The predicted octanol–water partition coefficient (Wildman–Crippen LogP) is 13.8. The molecule has 1 aliphatic carbocycles. The van der Waals surface area contributed by atoms with Crippen molar-refractivity contribution in [1.29, 1.82) is 0 Å². The first kappa shape index (κ1) is 46.2. The maximum Gasteiger partial charge on any atom is 0.306 e. The van der Waals surface area contributed by atoms with E-state index in [9.17, 15) is 14.4 Å². The SMILES string of the molecule is CCC1c2cc3[nH]c4c(c5nc(cc6[nH]c(cc(n2)[C@@H]1C)c(C(C)=O)c6C)[C@@H](C)C5CCC(=O)OC/C=C(\C)CCCC(C)CCCC(C)CCCC(C)C)CC(=O)c4c3C. The average molecular weight is 831 g/mol. The molecule has 5 heterocycles. The Balaban J connectivity index is 1.17. The molecule has 0 spiro atoms. The number of aromatic amines is 2. The Bertz CT molecular complexity index is 2290. The molecule has 0 aromatic carbocycles. The van der Waals surface area contributed by atoms with Crippen LogP contribution in [0.5, 0.6) is 0 Å². The van der Waals surface area contributed by atoms with E-state index in [1.165, 1.54) is 50.5 Å². The third-order valence-electron chi connectivity index (χ3n) is 14.4. The van der Waals surface area contributed by atoms with Crippen molar-refractivity contribution in [3.05, 3.63) is 80.4 Å². The van der Waals surface area contributed by atoms with E-state index in [0.29, 0.717) is 12.0 Å². The fourth-order valence-electron chi connectivity index (χ4n) is 10.4. The van der Waals surface area contributed by atoms with Crippen LogP contribution in [0.3, 0.4) is 0 Å². The number of esters is 1. The van der Waals surface area contributed by atoms with Gasteiger partial charge in [0.15, 0.2) is 11.6 Å². The van der Waals surface area contributed by atoms with E-state index in [1.807, 2.05) is 19.9 Å². The average Bonchev–Trinajstić information content (AvgIpc) is 3.95. The van der Waals surface area contributed by atoms with Crippen LogP contribution in [-0.2, 0) is 16.0 Å². The Morgan fingerprint density at radius 1 is 0.787 bits per heavy atom. The molecule has 0 saturated carbocycles.